The van der Waals surface area contributed by atoms with E-state index in [1.165, 1.54) is 0 Å². The van der Waals surface area contributed by atoms with Crippen LogP contribution in [0.5, 0.6) is 0 Å². The van der Waals surface area contributed by atoms with Crippen molar-refractivity contribution in [3.63, 3.8) is 0 Å². The molecule has 0 aliphatic carbocycles. The highest BCUT2D eigenvalue weighted by Crippen LogP contribution is 2.27. The van der Waals surface area contributed by atoms with Gasteiger partial charge in [0.1, 0.15) is 5.76 Å². The second kappa shape index (κ2) is 4.93. The summed E-state index contributed by atoms with van der Waals surface area (Å²) in [6.45, 7) is 2.63. The molecule has 0 aliphatic heterocycles. The molecule has 0 unspecified atom stereocenters. The van der Waals surface area contributed by atoms with Gasteiger partial charge in [-0.3, -0.25) is 0 Å². The summed E-state index contributed by atoms with van der Waals surface area (Å²) in [6.07, 6.45) is 1.65. The zero-order chi connectivity index (χ0) is 11.5. The Morgan fingerprint density at radius 2 is 2.19 bits per heavy atom. The summed E-state index contributed by atoms with van der Waals surface area (Å²) in [5, 5.41) is 3.99. The summed E-state index contributed by atoms with van der Waals surface area (Å²) in [4.78, 5) is 0. The Morgan fingerprint density at radius 1 is 1.38 bits per heavy atom. The monoisotopic (exact) mass is 299 g/mol. The van der Waals surface area contributed by atoms with Gasteiger partial charge in [-0.15, -0.1) is 0 Å². The normalized spacial score (nSPS) is 10.4. The van der Waals surface area contributed by atoms with Crippen LogP contribution in [0.4, 0.5) is 5.69 Å². The maximum atomic E-state index is 6.10. The van der Waals surface area contributed by atoms with Gasteiger partial charge in [-0.25, -0.2) is 0 Å². The van der Waals surface area contributed by atoms with Crippen molar-refractivity contribution in [1.29, 1.82) is 0 Å². The SMILES string of the molecule is Cc1cccc(Cl)c1NCc1occc1Br. The highest BCUT2D eigenvalue weighted by molar-refractivity contribution is 9.10. The maximum Gasteiger partial charge on any atom is 0.136 e. The van der Waals surface area contributed by atoms with Crippen LogP contribution in [0.1, 0.15) is 11.3 Å². The lowest BCUT2D eigenvalue weighted by atomic mass is 10.2. The first-order valence-electron chi connectivity index (χ1n) is 4.89. The average molecular weight is 301 g/mol. The second-order valence-electron chi connectivity index (χ2n) is 3.48. The Hall–Kier alpha value is -0.930. The molecule has 16 heavy (non-hydrogen) atoms. The van der Waals surface area contributed by atoms with Crippen LogP contribution < -0.4 is 5.32 Å². The second-order valence-corrected chi connectivity index (χ2v) is 4.74. The Kier molecular flexibility index (Phi) is 3.56. The van der Waals surface area contributed by atoms with Gasteiger partial charge >= 0.3 is 0 Å². The highest BCUT2D eigenvalue weighted by Gasteiger charge is 2.06. The third kappa shape index (κ3) is 2.42. The molecule has 0 amide bonds. The third-order valence-electron chi connectivity index (χ3n) is 2.34. The van der Waals surface area contributed by atoms with Crippen LogP contribution in [-0.2, 0) is 6.54 Å². The van der Waals surface area contributed by atoms with Crippen molar-refractivity contribution in [2.75, 3.05) is 5.32 Å². The van der Waals surface area contributed by atoms with Gasteiger partial charge in [0.2, 0.25) is 0 Å². The van der Waals surface area contributed by atoms with Gasteiger partial charge in [-0.1, -0.05) is 23.7 Å². The summed E-state index contributed by atoms with van der Waals surface area (Å²) in [6, 6.07) is 7.70. The Bertz CT molecular complexity index is 475. The molecule has 0 aliphatic rings. The smallest absolute Gasteiger partial charge is 0.136 e. The fourth-order valence-electron chi connectivity index (χ4n) is 1.48. The van der Waals surface area contributed by atoms with Gasteiger partial charge in [0.15, 0.2) is 0 Å². The lowest BCUT2D eigenvalue weighted by molar-refractivity contribution is 0.516. The van der Waals surface area contributed by atoms with E-state index >= 15 is 0 Å². The van der Waals surface area contributed by atoms with Crippen molar-refractivity contribution in [2.24, 2.45) is 0 Å². The largest absolute Gasteiger partial charge is 0.466 e. The van der Waals surface area contributed by atoms with Crippen LogP contribution in [0.25, 0.3) is 0 Å². The van der Waals surface area contributed by atoms with E-state index in [0.29, 0.717) is 6.54 Å². The maximum absolute atomic E-state index is 6.10. The van der Waals surface area contributed by atoms with Crippen molar-refractivity contribution < 1.29 is 4.42 Å². The Balaban J connectivity index is 2.14. The lowest BCUT2D eigenvalue weighted by Gasteiger charge is -2.10. The molecular weight excluding hydrogens is 289 g/mol. The summed E-state index contributed by atoms with van der Waals surface area (Å²) in [5.74, 6) is 0.860. The standard InChI is InChI=1S/C12H11BrClNO/c1-8-3-2-4-10(14)12(8)15-7-11-9(13)5-6-16-11/h2-6,15H,7H2,1H3. The molecule has 2 nitrogen and oxygen atoms in total. The Labute approximate surface area is 108 Å². The summed E-state index contributed by atoms with van der Waals surface area (Å²) in [5.41, 5.74) is 2.07. The van der Waals surface area contributed by atoms with E-state index in [2.05, 4.69) is 21.2 Å². The van der Waals surface area contributed by atoms with Crippen molar-refractivity contribution >= 4 is 33.2 Å². The van der Waals surface area contributed by atoms with Crippen LogP contribution in [0.3, 0.4) is 0 Å². The molecule has 0 spiro atoms. The van der Waals surface area contributed by atoms with Gasteiger partial charge in [0, 0.05) is 0 Å². The van der Waals surface area contributed by atoms with Crippen molar-refractivity contribution in [3.8, 4) is 0 Å². The van der Waals surface area contributed by atoms with E-state index in [-0.39, 0.29) is 0 Å². The zero-order valence-corrected chi connectivity index (χ0v) is 11.1. The van der Waals surface area contributed by atoms with Gasteiger partial charge < -0.3 is 9.73 Å². The molecule has 0 bridgehead atoms. The molecule has 1 heterocycles. The predicted octanol–water partition coefficient (Wildman–Crippen LogP) is 4.62. The predicted molar refractivity (Wildman–Crippen MR) is 69.9 cm³/mol. The molecule has 1 aromatic carbocycles. The number of benzene rings is 1. The minimum atomic E-state index is 0.609. The molecule has 4 heteroatoms. The van der Waals surface area contributed by atoms with E-state index in [4.69, 9.17) is 16.0 Å². The van der Waals surface area contributed by atoms with Crippen LogP contribution in [-0.4, -0.2) is 0 Å². The fraction of sp³-hybridized carbons (Fsp3) is 0.167. The topological polar surface area (TPSA) is 25.2 Å². The zero-order valence-electron chi connectivity index (χ0n) is 8.76. The molecule has 0 saturated carbocycles. The molecule has 1 aromatic heterocycles. The molecule has 84 valence electrons. The third-order valence-corrected chi connectivity index (χ3v) is 3.36. The van der Waals surface area contributed by atoms with Crippen molar-refractivity contribution in [2.45, 2.75) is 13.5 Å². The van der Waals surface area contributed by atoms with Crippen LogP contribution in [0.2, 0.25) is 5.02 Å². The number of aryl methyl sites for hydroxylation is 1. The number of anilines is 1. The average Bonchev–Trinajstić information content (AvgIpc) is 2.64. The summed E-state index contributed by atoms with van der Waals surface area (Å²) in [7, 11) is 0. The van der Waals surface area contributed by atoms with E-state index in [1.54, 1.807) is 6.26 Å². The van der Waals surface area contributed by atoms with E-state index in [9.17, 15) is 0 Å². The fourth-order valence-corrected chi connectivity index (χ4v) is 2.11. The summed E-state index contributed by atoms with van der Waals surface area (Å²) < 4.78 is 6.28. The number of furan rings is 1. The van der Waals surface area contributed by atoms with Crippen molar-refractivity contribution in [1.82, 2.24) is 0 Å². The molecule has 2 rings (SSSR count). The van der Waals surface area contributed by atoms with Crippen LogP contribution >= 0.6 is 27.5 Å². The molecule has 0 atom stereocenters. The molecule has 0 fully saturated rings. The number of para-hydroxylation sites is 1. The first kappa shape index (κ1) is 11.6. The van der Waals surface area contributed by atoms with Gasteiger partial charge in [0.25, 0.3) is 0 Å². The van der Waals surface area contributed by atoms with Gasteiger partial charge in [-0.2, -0.15) is 0 Å². The van der Waals surface area contributed by atoms with Crippen LogP contribution in [0, 0.1) is 6.92 Å². The molecule has 0 saturated heterocycles. The minimum absolute atomic E-state index is 0.609. The van der Waals surface area contributed by atoms with Gasteiger partial charge in [0.05, 0.1) is 28.0 Å². The number of hydrogen-bond donors (Lipinski definition) is 1. The number of hydrogen-bond acceptors (Lipinski definition) is 2. The molecule has 2 aromatic rings. The lowest BCUT2D eigenvalue weighted by Crippen LogP contribution is -2.01. The van der Waals surface area contributed by atoms with Crippen LogP contribution in [0.15, 0.2) is 39.4 Å². The summed E-state index contributed by atoms with van der Waals surface area (Å²) >= 11 is 9.51. The number of halogens is 2. The number of rotatable bonds is 3. The minimum Gasteiger partial charge on any atom is -0.466 e. The first-order valence-corrected chi connectivity index (χ1v) is 6.06. The molecule has 0 radical (unpaired) electrons. The first-order chi connectivity index (χ1) is 7.68. The Morgan fingerprint density at radius 3 is 2.81 bits per heavy atom. The van der Waals surface area contributed by atoms with Crippen molar-refractivity contribution in [3.05, 3.63) is 51.3 Å². The molecule has 1 N–H and O–H groups in total. The van der Waals surface area contributed by atoms with Gasteiger partial charge in [-0.05, 0) is 40.5 Å². The molecular formula is C12H11BrClNO. The van der Waals surface area contributed by atoms with E-state index in [1.807, 2.05) is 31.2 Å². The van der Waals surface area contributed by atoms with E-state index < -0.39 is 0 Å². The van der Waals surface area contributed by atoms with E-state index in [0.717, 1.165) is 26.5 Å². The highest BCUT2D eigenvalue weighted by atomic mass is 79.9. The quantitative estimate of drug-likeness (QED) is 0.895. The number of nitrogens with one attached hydrogen (secondary N) is 1.